The summed E-state index contributed by atoms with van der Waals surface area (Å²) in [6, 6.07) is 17.2. The molecule has 0 aromatic heterocycles. The van der Waals surface area contributed by atoms with Crippen molar-refractivity contribution in [3.63, 3.8) is 0 Å². The quantitative estimate of drug-likeness (QED) is 0.246. The number of para-hydroxylation sites is 3. The van der Waals surface area contributed by atoms with Crippen LogP contribution in [0, 0.1) is 16.0 Å². The van der Waals surface area contributed by atoms with E-state index in [0.717, 1.165) is 4.90 Å². The van der Waals surface area contributed by atoms with Crippen LogP contribution < -0.4 is 24.2 Å². The Morgan fingerprint density at radius 3 is 2.24 bits per heavy atom. The Morgan fingerprint density at radius 2 is 1.58 bits per heavy atom. The number of methoxy groups -OCH3 is 2. The van der Waals surface area contributed by atoms with Gasteiger partial charge in [-0.05, 0) is 37.3 Å². The number of benzene rings is 3. The predicted molar refractivity (Wildman–Crippen MR) is 136 cm³/mol. The molecule has 2 amide bonds. The molecule has 196 valence electrons. The summed E-state index contributed by atoms with van der Waals surface area (Å²) in [7, 11) is 2.78. The van der Waals surface area contributed by atoms with Crippen molar-refractivity contribution in [1.29, 1.82) is 0 Å². The van der Waals surface area contributed by atoms with Crippen molar-refractivity contribution in [1.82, 2.24) is 0 Å². The molecule has 0 N–H and O–H groups in total. The average molecular weight is 520 g/mol. The smallest absolute Gasteiger partial charge is 0.278 e. The van der Waals surface area contributed by atoms with Crippen molar-refractivity contribution in [2.75, 3.05) is 30.8 Å². The molecule has 0 radical (unpaired) electrons. The van der Waals surface area contributed by atoms with Crippen molar-refractivity contribution in [2.24, 2.45) is 5.92 Å². The summed E-state index contributed by atoms with van der Waals surface area (Å²) in [4.78, 5) is 46.5. The highest BCUT2D eigenvalue weighted by Gasteiger charge is 2.61. The first-order chi connectivity index (χ1) is 18.4. The summed E-state index contributed by atoms with van der Waals surface area (Å²) in [5.41, 5.74) is 0.656. The molecule has 0 saturated carbocycles. The molecule has 3 unspecified atom stereocenters. The molecule has 2 fully saturated rings. The highest BCUT2D eigenvalue weighted by atomic mass is 16.7. The lowest BCUT2D eigenvalue weighted by molar-refractivity contribution is -0.385. The molecule has 11 heteroatoms. The molecular weight excluding hydrogens is 494 g/mol. The molecule has 0 bridgehead atoms. The van der Waals surface area contributed by atoms with E-state index >= 15 is 0 Å². The van der Waals surface area contributed by atoms with Crippen LogP contribution in [0.1, 0.15) is 18.5 Å². The zero-order chi connectivity index (χ0) is 27.0. The lowest BCUT2D eigenvalue weighted by Crippen LogP contribution is -2.37. The highest BCUT2D eigenvalue weighted by Crippen LogP contribution is 2.51. The van der Waals surface area contributed by atoms with Crippen LogP contribution >= 0.6 is 0 Å². The third-order valence-corrected chi connectivity index (χ3v) is 6.58. The average Bonchev–Trinajstić information content (AvgIpc) is 3.44. The zero-order valence-electron chi connectivity index (χ0n) is 20.9. The van der Waals surface area contributed by atoms with E-state index < -0.39 is 34.8 Å². The molecule has 0 spiro atoms. The number of ether oxygens (including phenoxy) is 3. The summed E-state index contributed by atoms with van der Waals surface area (Å²) in [5, 5.41) is 13.6. The third kappa shape index (κ3) is 3.97. The summed E-state index contributed by atoms with van der Waals surface area (Å²) >= 11 is 0. The van der Waals surface area contributed by atoms with Gasteiger partial charge >= 0.3 is 0 Å². The second-order valence-corrected chi connectivity index (χ2v) is 8.59. The standard InChI is InChI=1S/C27H25N3O8/c1-4-37-20-13-9-8-12-18(20)28-26(31)23-24(17-14-21(35-2)22(36-3)15-19(17)30(33)34)29(38-25(23)27(28)32)16-10-6-5-7-11-16/h5-15,23-25H,4H2,1-3H3. The molecule has 11 nitrogen and oxygen atoms in total. The Morgan fingerprint density at radius 1 is 0.921 bits per heavy atom. The minimum absolute atomic E-state index is 0.144. The van der Waals surface area contributed by atoms with Gasteiger partial charge in [0.1, 0.15) is 17.7 Å². The number of nitrogens with zero attached hydrogens (tertiary/aromatic N) is 3. The normalized spacial score (nSPS) is 20.4. The van der Waals surface area contributed by atoms with Gasteiger partial charge < -0.3 is 14.2 Å². The van der Waals surface area contributed by atoms with Crippen LogP contribution in [0.15, 0.2) is 66.7 Å². The van der Waals surface area contributed by atoms with E-state index in [1.54, 1.807) is 61.5 Å². The topological polar surface area (TPSA) is 121 Å². The number of fused-ring (bicyclic) bond motifs is 1. The fourth-order valence-electron chi connectivity index (χ4n) is 4.97. The fraction of sp³-hybridized carbons (Fsp3) is 0.259. The number of nitro benzene ring substituents is 1. The van der Waals surface area contributed by atoms with Crippen LogP contribution in [-0.4, -0.2) is 43.7 Å². The number of imide groups is 1. The van der Waals surface area contributed by atoms with Gasteiger partial charge in [0.25, 0.3) is 11.6 Å². The molecule has 2 heterocycles. The second-order valence-electron chi connectivity index (χ2n) is 8.59. The predicted octanol–water partition coefficient (Wildman–Crippen LogP) is 4.06. The molecule has 3 aromatic rings. The molecule has 3 aromatic carbocycles. The van der Waals surface area contributed by atoms with Crippen LogP contribution in [0.4, 0.5) is 17.1 Å². The molecule has 38 heavy (non-hydrogen) atoms. The minimum atomic E-state index is -1.21. The van der Waals surface area contributed by atoms with Gasteiger partial charge in [-0.25, -0.2) is 9.96 Å². The lowest BCUT2D eigenvalue weighted by atomic mass is 9.89. The van der Waals surface area contributed by atoms with Gasteiger partial charge in [-0.15, -0.1) is 0 Å². The summed E-state index contributed by atoms with van der Waals surface area (Å²) in [5.74, 6) is -1.47. The van der Waals surface area contributed by atoms with Crippen molar-refractivity contribution < 1.29 is 33.6 Å². The van der Waals surface area contributed by atoms with Crippen molar-refractivity contribution in [2.45, 2.75) is 19.1 Å². The molecule has 2 aliphatic rings. The van der Waals surface area contributed by atoms with Crippen LogP contribution in [0.3, 0.4) is 0 Å². The van der Waals surface area contributed by atoms with Crippen molar-refractivity contribution >= 4 is 28.9 Å². The minimum Gasteiger partial charge on any atom is -0.493 e. The number of hydrogen-bond acceptors (Lipinski definition) is 9. The summed E-state index contributed by atoms with van der Waals surface area (Å²) < 4.78 is 16.4. The molecule has 3 atom stereocenters. The highest BCUT2D eigenvalue weighted by molar-refractivity contribution is 6.24. The van der Waals surface area contributed by atoms with Crippen LogP contribution in [0.2, 0.25) is 0 Å². The molecule has 0 aliphatic carbocycles. The number of hydroxylamine groups is 1. The van der Waals surface area contributed by atoms with Gasteiger partial charge in [0, 0.05) is 0 Å². The number of nitro groups is 1. The van der Waals surface area contributed by atoms with E-state index in [0.29, 0.717) is 18.0 Å². The lowest BCUT2D eigenvalue weighted by Gasteiger charge is -2.29. The van der Waals surface area contributed by atoms with E-state index in [9.17, 15) is 19.7 Å². The Kier molecular flexibility index (Phi) is 6.60. The molecule has 2 aliphatic heterocycles. The van der Waals surface area contributed by atoms with Crippen LogP contribution in [-0.2, 0) is 14.4 Å². The maximum Gasteiger partial charge on any atom is 0.278 e. The van der Waals surface area contributed by atoms with Crippen molar-refractivity contribution in [3.8, 4) is 17.2 Å². The number of carbonyl (C=O) groups excluding carboxylic acids is 2. The fourth-order valence-corrected chi connectivity index (χ4v) is 4.97. The zero-order valence-corrected chi connectivity index (χ0v) is 20.9. The first-order valence-electron chi connectivity index (χ1n) is 11.9. The largest absolute Gasteiger partial charge is 0.493 e. The first kappa shape index (κ1) is 25.0. The monoisotopic (exact) mass is 519 g/mol. The Balaban J connectivity index is 1.68. The van der Waals surface area contributed by atoms with Crippen molar-refractivity contribution in [3.05, 3.63) is 82.4 Å². The number of carbonyl (C=O) groups is 2. The van der Waals surface area contributed by atoms with Gasteiger partial charge in [-0.2, -0.15) is 0 Å². The van der Waals surface area contributed by atoms with E-state index in [2.05, 4.69) is 0 Å². The molecule has 5 rings (SSSR count). The van der Waals surface area contributed by atoms with E-state index in [1.807, 2.05) is 0 Å². The molecule has 2 saturated heterocycles. The van der Waals surface area contributed by atoms with E-state index in [1.165, 1.54) is 31.4 Å². The number of hydrogen-bond donors (Lipinski definition) is 0. The summed E-state index contributed by atoms with van der Waals surface area (Å²) in [6.07, 6.45) is -1.21. The molecular formula is C27H25N3O8. The van der Waals surface area contributed by atoms with Crippen LogP contribution in [0.5, 0.6) is 17.2 Å². The third-order valence-electron chi connectivity index (χ3n) is 6.58. The maximum atomic E-state index is 14.0. The van der Waals surface area contributed by atoms with Gasteiger partial charge in [0.05, 0.1) is 48.8 Å². The van der Waals surface area contributed by atoms with Gasteiger partial charge in [0.2, 0.25) is 5.91 Å². The van der Waals surface area contributed by atoms with Gasteiger partial charge in [-0.3, -0.25) is 24.5 Å². The Bertz CT molecular complexity index is 1400. The van der Waals surface area contributed by atoms with Gasteiger partial charge in [-0.1, -0.05) is 30.3 Å². The SMILES string of the molecule is CCOc1ccccc1N1C(=O)C2ON(c3ccccc3)C(c3cc(OC)c(OC)cc3[N+](=O)[O-])C2C1=O. The van der Waals surface area contributed by atoms with E-state index in [4.69, 9.17) is 19.0 Å². The number of rotatable bonds is 8. The Hall–Kier alpha value is -4.64. The first-order valence-corrected chi connectivity index (χ1v) is 11.9. The second kappa shape index (κ2) is 10.0. The van der Waals surface area contributed by atoms with E-state index in [-0.39, 0.29) is 28.4 Å². The van der Waals surface area contributed by atoms with Gasteiger partial charge in [0.15, 0.2) is 17.6 Å². The number of anilines is 2. The number of amides is 2. The maximum absolute atomic E-state index is 14.0. The Labute approximate surface area is 218 Å². The van der Waals surface area contributed by atoms with Crippen LogP contribution in [0.25, 0.3) is 0 Å². The summed E-state index contributed by atoms with van der Waals surface area (Å²) in [6.45, 7) is 2.13.